The Balaban J connectivity index is 0.586. The van der Waals surface area contributed by atoms with Gasteiger partial charge in [-0.3, -0.25) is 0 Å². The van der Waals surface area contributed by atoms with Crippen LogP contribution in [0.15, 0.2) is 371 Å². The SMILES string of the molecule is C=Cc1c(-c2c(C)sc3ccccc23)ccc2c1C(C)(C)c1ccc(-c3ccc4c(c3)C(C)(C)c3ccc(-c5c6ccccc6c(-c6cccc7ccccc67)c6cc(-c7ccc8c(-c9ccc%10c(c9)C(C)(C)c9cc(-c%11ccc%12c(c%11)-c%11ccc%13cc%14sc%15ccccc%15c%14cc%13c%11C%12(C)C)ccc9-%10)c9ccccc9c(-c9cccc%10ccccc9%10)c8c7)ccc56)cc3-4)cc1-2. The monoisotopic (exact) mass is 1700 g/mol. The Bertz CT molecular complexity index is 9120. The predicted molar refractivity (Wildman–Crippen MR) is 566 cm³/mol. The molecule has 0 saturated carbocycles. The molecule has 4 aliphatic rings. The van der Waals surface area contributed by atoms with Gasteiger partial charge in [0.05, 0.1) is 0 Å². The van der Waals surface area contributed by atoms with Crippen molar-refractivity contribution in [2.45, 2.75) is 84.0 Å². The molecule has 618 valence electrons. The van der Waals surface area contributed by atoms with Crippen molar-refractivity contribution in [3.05, 3.63) is 426 Å². The number of hydrogen-bond donors (Lipinski definition) is 0. The Kier molecular flexibility index (Phi) is 16.0. The van der Waals surface area contributed by atoms with Crippen LogP contribution in [0.25, 0.3) is 245 Å². The number of benzene rings is 21. The molecule has 0 fully saturated rings. The van der Waals surface area contributed by atoms with Gasteiger partial charge in [0.15, 0.2) is 0 Å². The van der Waals surface area contributed by atoms with Gasteiger partial charge in [-0.05, 0) is 333 Å². The van der Waals surface area contributed by atoms with E-state index >= 15 is 0 Å². The number of thiophene rings is 2. The first-order chi connectivity index (χ1) is 63.8. The molecule has 0 unspecified atom stereocenters. The molecule has 0 aliphatic heterocycles. The van der Waals surface area contributed by atoms with E-state index in [0.717, 1.165) is 0 Å². The summed E-state index contributed by atoms with van der Waals surface area (Å²) in [6.45, 7) is 26.2. The fraction of sp³-hybridized carbons (Fsp3) is 0.101. The van der Waals surface area contributed by atoms with Crippen LogP contribution in [-0.2, 0) is 21.7 Å². The van der Waals surface area contributed by atoms with Crippen LogP contribution in [0.2, 0.25) is 0 Å². The van der Waals surface area contributed by atoms with Crippen LogP contribution in [0.1, 0.15) is 110 Å². The van der Waals surface area contributed by atoms with Gasteiger partial charge >= 0.3 is 0 Å². The van der Waals surface area contributed by atoms with Gasteiger partial charge in [0.25, 0.3) is 0 Å². The summed E-state index contributed by atoms with van der Waals surface area (Å²) in [6, 6.07) is 141. The molecule has 23 aromatic rings. The van der Waals surface area contributed by atoms with Gasteiger partial charge in [0.2, 0.25) is 0 Å². The molecule has 2 heteroatoms. The number of fused-ring (bicyclic) bond motifs is 24. The average Bonchev–Trinajstić information content (AvgIpc) is 1.58. The lowest BCUT2D eigenvalue weighted by atomic mass is 9.78. The first-order valence-electron chi connectivity index (χ1n) is 46.3. The Labute approximate surface area is 771 Å². The molecule has 0 saturated heterocycles. The highest BCUT2D eigenvalue weighted by Crippen LogP contribution is 2.61. The highest BCUT2D eigenvalue weighted by Gasteiger charge is 2.43. The largest absolute Gasteiger partial charge is 0.140 e. The summed E-state index contributed by atoms with van der Waals surface area (Å²) in [5.74, 6) is 0. The highest BCUT2D eigenvalue weighted by atomic mass is 32.1. The quantitative estimate of drug-likeness (QED) is 0.126. The second kappa shape index (κ2) is 27.5. The normalized spacial score (nSPS) is 14.4. The maximum absolute atomic E-state index is 4.51. The number of rotatable bonds is 9. The molecule has 0 radical (unpaired) electrons. The van der Waals surface area contributed by atoms with Crippen LogP contribution >= 0.6 is 22.7 Å². The summed E-state index contributed by atoms with van der Waals surface area (Å²) in [6.07, 6.45) is 2.12. The number of hydrogen-bond acceptors (Lipinski definition) is 2. The van der Waals surface area contributed by atoms with E-state index in [1.165, 1.54) is 294 Å². The highest BCUT2D eigenvalue weighted by molar-refractivity contribution is 7.26. The van der Waals surface area contributed by atoms with E-state index in [2.05, 4.69) is 439 Å². The third kappa shape index (κ3) is 10.7. The maximum Gasteiger partial charge on any atom is 0.0361 e. The molecule has 21 aromatic carbocycles. The van der Waals surface area contributed by atoms with Crippen LogP contribution in [0.5, 0.6) is 0 Å². The molecule has 0 atom stereocenters. The minimum Gasteiger partial charge on any atom is -0.140 e. The first kappa shape index (κ1) is 76.4. The predicted octanol–water partition coefficient (Wildman–Crippen LogP) is 36.9. The second-order valence-corrected chi connectivity index (χ2v) is 41.9. The van der Waals surface area contributed by atoms with E-state index < -0.39 is 0 Å². The van der Waals surface area contributed by atoms with Crippen LogP contribution in [-0.4, -0.2) is 0 Å². The molecule has 0 amide bonds. The van der Waals surface area contributed by atoms with Gasteiger partial charge in [-0.15, -0.1) is 22.7 Å². The maximum atomic E-state index is 4.51. The molecular weight excluding hydrogens is 1610 g/mol. The number of aryl methyl sites for hydroxylation is 1. The van der Waals surface area contributed by atoms with E-state index in [9.17, 15) is 0 Å². The van der Waals surface area contributed by atoms with Crippen molar-refractivity contribution >= 4 is 134 Å². The van der Waals surface area contributed by atoms with Crippen molar-refractivity contribution < 1.29 is 0 Å². The van der Waals surface area contributed by atoms with E-state index in [0.29, 0.717) is 0 Å². The summed E-state index contributed by atoms with van der Waals surface area (Å²) in [4.78, 5) is 1.34. The lowest BCUT2D eigenvalue weighted by Crippen LogP contribution is -2.17. The molecule has 0 spiro atoms. The lowest BCUT2D eigenvalue weighted by Gasteiger charge is -2.25. The van der Waals surface area contributed by atoms with Crippen LogP contribution in [0.3, 0.4) is 0 Å². The van der Waals surface area contributed by atoms with Crippen LogP contribution < -0.4 is 0 Å². The van der Waals surface area contributed by atoms with Gasteiger partial charge in [-0.2, -0.15) is 0 Å². The zero-order valence-electron chi connectivity index (χ0n) is 74.7. The molecule has 131 heavy (non-hydrogen) atoms. The Morgan fingerprint density at radius 3 is 1.13 bits per heavy atom. The second-order valence-electron chi connectivity index (χ2n) is 39.6. The smallest absolute Gasteiger partial charge is 0.0361 e. The van der Waals surface area contributed by atoms with E-state index in [1.807, 2.05) is 22.7 Å². The zero-order chi connectivity index (χ0) is 87.7. The zero-order valence-corrected chi connectivity index (χ0v) is 76.4. The first-order valence-corrected chi connectivity index (χ1v) is 48.0. The van der Waals surface area contributed by atoms with Gasteiger partial charge in [-0.25, -0.2) is 0 Å². The minimum atomic E-state index is -0.304. The Morgan fingerprint density at radius 2 is 0.565 bits per heavy atom. The summed E-state index contributed by atoms with van der Waals surface area (Å²) < 4.78 is 4.02. The van der Waals surface area contributed by atoms with Crippen molar-refractivity contribution in [1.82, 2.24) is 0 Å². The van der Waals surface area contributed by atoms with Crippen molar-refractivity contribution in [1.29, 1.82) is 0 Å². The van der Waals surface area contributed by atoms with Crippen molar-refractivity contribution in [2.75, 3.05) is 0 Å². The molecule has 27 rings (SSSR count). The van der Waals surface area contributed by atoms with Crippen LogP contribution in [0.4, 0.5) is 0 Å². The minimum absolute atomic E-state index is 0.170. The fourth-order valence-electron chi connectivity index (χ4n) is 25.1. The summed E-state index contributed by atoms with van der Waals surface area (Å²) >= 11 is 3.78. The van der Waals surface area contributed by atoms with Crippen molar-refractivity contribution in [3.63, 3.8) is 0 Å². The third-order valence-electron chi connectivity index (χ3n) is 31.3. The molecule has 0 bridgehead atoms. The summed E-state index contributed by atoms with van der Waals surface area (Å²) in [5.41, 5.74) is 41.5. The standard InChI is InChI=1S/C129H90S2/c1-11-84-97(119-72(2)130-117-41-23-21-37-102(117)119)57-58-101-106-63-78(48-59-111(106)128(7,8)124(84)101)80-43-52-89-104-66-82(50-61-110(104)126(3,4)114(89)68-80)120-93-33-16-18-35-95(93)122(91-38-24-28-73-26-12-14-30-85(73)91)108-64-75(44-54-98(108)120)76-45-55-99-109(65-76)123(92-39-25-29-74-27-13-15-31-86(74)92)96-36-19-17-34-94(96)121(99)83-47-53-88-87-51-42-79(67-113(87)127(5,6)115(88)69-83)77-49-60-112-105(62-77)100-56-46-81-70-118-107(71-103(81)125(100)129(112,9)10)90-32-20-22-40-116(90)131-118/h11-71H,1H2,2-10H3. The molecule has 0 nitrogen and oxygen atoms in total. The Hall–Kier alpha value is -14.6. The van der Waals surface area contributed by atoms with Crippen molar-refractivity contribution in [3.8, 4) is 134 Å². The molecule has 2 heterocycles. The van der Waals surface area contributed by atoms with Gasteiger partial charge in [-0.1, -0.05) is 359 Å². The summed E-state index contributed by atoms with van der Waals surface area (Å²) in [7, 11) is 0. The topological polar surface area (TPSA) is 0 Å². The lowest BCUT2D eigenvalue weighted by molar-refractivity contribution is 0.659. The molecule has 4 aliphatic carbocycles. The van der Waals surface area contributed by atoms with Crippen LogP contribution in [0, 0.1) is 6.92 Å². The van der Waals surface area contributed by atoms with E-state index in [-0.39, 0.29) is 21.7 Å². The summed E-state index contributed by atoms with van der Waals surface area (Å²) in [5, 5.41) is 21.4. The van der Waals surface area contributed by atoms with Gasteiger partial charge < -0.3 is 0 Å². The van der Waals surface area contributed by atoms with Crippen molar-refractivity contribution in [2.24, 2.45) is 0 Å². The molecule has 2 aromatic heterocycles. The average molecular weight is 1700 g/mol. The Morgan fingerprint density at radius 1 is 0.198 bits per heavy atom. The molecular formula is C129H90S2. The van der Waals surface area contributed by atoms with E-state index in [4.69, 9.17) is 0 Å². The molecule has 0 N–H and O–H groups in total. The fourth-order valence-corrected chi connectivity index (χ4v) is 27.3. The third-order valence-corrected chi connectivity index (χ3v) is 33.5. The van der Waals surface area contributed by atoms with Gasteiger partial charge in [0.1, 0.15) is 0 Å². The van der Waals surface area contributed by atoms with Gasteiger partial charge in [0, 0.05) is 62.4 Å². The van der Waals surface area contributed by atoms with E-state index in [1.54, 1.807) is 0 Å².